The fraction of sp³-hybridized carbons (Fsp3) is 0.600. The lowest BCUT2D eigenvalue weighted by molar-refractivity contribution is -0.115. The summed E-state index contributed by atoms with van der Waals surface area (Å²) >= 11 is 0. The third-order valence-corrected chi connectivity index (χ3v) is 4.05. The number of fused-ring (bicyclic) bond motifs is 2. The van der Waals surface area contributed by atoms with Gasteiger partial charge in [-0.25, -0.2) is 4.39 Å². The van der Waals surface area contributed by atoms with Gasteiger partial charge < -0.3 is 14.6 Å². The number of ether oxygens (including phenoxy) is 2. The number of halogens is 1. The van der Waals surface area contributed by atoms with Crippen LogP contribution in [-0.4, -0.2) is 23.9 Å². The summed E-state index contributed by atoms with van der Waals surface area (Å²) in [7, 11) is 0. The minimum atomic E-state index is -0.988. The van der Waals surface area contributed by atoms with E-state index >= 15 is 0 Å². The van der Waals surface area contributed by atoms with Crippen molar-refractivity contribution in [2.24, 2.45) is 0 Å². The Balaban J connectivity index is 1.92. The third-order valence-electron chi connectivity index (χ3n) is 4.05. The molecule has 4 heteroatoms. The van der Waals surface area contributed by atoms with Gasteiger partial charge in [0, 0.05) is 18.9 Å². The Labute approximate surface area is 112 Å². The summed E-state index contributed by atoms with van der Waals surface area (Å²) in [6.07, 6.45) is 3.25. The van der Waals surface area contributed by atoms with Crippen molar-refractivity contribution in [3.05, 3.63) is 29.6 Å². The van der Waals surface area contributed by atoms with Crippen LogP contribution in [0.15, 0.2) is 18.2 Å². The van der Waals surface area contributed by atoms with Gasteiger partial charge >= 0.3 is 0 Å². The highest BCUT2D eigenvalue weighted by Crippen LogP contribution is 2.44. The van der Waals surface area contributed by atoms with E-state index in [1.807, 2.05) is 6.92 Å². The van der Waals surface area contributed by atoms with Gasteiger partial charge in [-0.1, -0.05) is 0 Å². The Morgan fingerprint density at radius 1 is 1.32 bits per heavy atom. The van der Waals surface area contributed by atoms with Gasteiger partial charge in [-0.15, -0.1) is 0 Å². The molecule has 2 saturated heterocycles. The van der Waals surface area contributed by atoms with Crippen LogP contribution in [0.2, 0.25) is 0 Å². The molecule has 0 saturated carbocycles. The van der Waals surface area contributed by atoms with E-state index in [9.17, 15) is 9.50 Å². The van der Waals surface area contributed by atoms with Crippen molar-refractivity contribution in [2.45, 2.75) is 50.4 Å². The number of rotatable bonds is 3. The van der Waals surface area contributed by atoms with Gasteiger partial charge in [0.2, 0.25) is 0 Å². The number of hydrogen-bond donors (Lipinski definition) is 1. The van der Waals surface area contributed by atoms with E-state index in [-0.39, 0.29) is 18.0 Å². The molecule has 3 rings (SSSR count). The van der Waals surface area contributed by atoms with Crippen LogP contribution in [0.25, 0.3) is 0 Å². The van der Waals surface area contributed by atoms with Gasteiger partial charge in [0.15, 0.2) is 0 Å². The summed E-state index contributed by atoms with van der Waals surface area (Å²) in [6, 6.07) is 4.51. The largest absolute Gasteiger partial charge is 0.494 e. The molecule has 2 fully saturated rings. The van der Waals surface area contributed by atoms with E-state index in [0.717, 1.165) is 12.8 Å². The molecule has 104 valence electrons. The molecular weight excluding hydrogens is 247 g/mol. The van der Waals surface area contributed by atoms with Crippen molar-refractivity contribution >= 4 is 0 Å². The summed E-state index contributed by atoms with van der Waals surface area (Å²) in [6.45, 7) is 2.34. The maximum atomic E-state index is 13.7. The maximum absolute atomic E-state index is 13.7. The van der Waals surface area contributed by atoms with Crippen molar-refractivity contribution < 1.29 is 19.0 Å². The molecule has 2 aliphatic rings. The number of benzene rings is 1. The van der Waals surface area contributed by atoms with Crippen LogP contribution in [0.5, 0.6) is 5.75 Å². The lowest BCUT2D eigenvalue weighted by Gasteiger charge is -2.37. The summed E-state index contributed by atoms with van der Waals surface area (Å²) in [5.74, 6) is 0.109. The molecule has 0 aliphatic carbocycles. The number of aliphatic hydroxyl groups is 1. The van der Waals surface area contributed by atoms with E-state index in [0.29, 0.717) is 30.8 Å². The molecule has 0 aromatic heterocycles. The van der Waals surface area contributed by atoms with E-state index in [2.05, 4.69) is 0 Å². The molecule has 0 spiro atoms. The van der Waals surface area contributed by atoms with Gasteiger partial charge in [0.25, 0.3) is 0 Å². The van der Waals surface area contributed by atoms with Crippen LogP contribution in [0.1, 0.15) is 38.2 Å². The molecule has 0 radical (unpaired) electrons. The molecule has 2 heterocycles. The molecule has 1 aromatic carbocycles. The van der Waals surface area contributed by atoms with Crippen molar-refractivity contribution in [2.75, 3.05) is 6.61 Å². The van der Waals surface area contributed by atoms with Crippen LogP contribution >= 0.6 is 0 Å². The first-order valence-corrected chi connectivity index (χ1v) is 6.91. The first kappa shape index (κ1) is 12.9. The topological polar surface area (TPSA) is 38.7 Å². The fourth-order valence-corrected chi connectivity index (χ4v) is 3.23. The van der Waals surface area contributed by atoms with E-state index < -0.39 is 5.60 Å². The Kier molecular flexibility index (Phi) is 3.23. The highest BCUT2D eigenvalue weighted by molar-refractivity contribution is 5.34. The molecule has 2 atom stereocenters. The molecule has 1 N–H and O–H groups in total. The Bertz CT molecular complexity index is 462. The average Bonchev–Trinajstić information content (AvgIpc) is 2.69. The molecular formula is C15H19FO3. The molecule has 1 aromatic rings. The second kappa shape index (κ2) is 4.76. The van der Waals surface area contributed by atoms with Crippen LogP contribution in [0.4, 0.5) is 4.39 Å². The lowest BCUT2D eigenvalue weighted by atomic mass is 9.83. The smallest absolute Gasteiger partial charge is 0.127 e. The highest BCUT2D eigenvalue weighted by atomic mass is 19.1. The first-order chi connectivity index (χ1) is 9.09. The standard InChI is InChI=1S/C15H19FO3/c1-2-18-14-6-10(5-11(16)7-14)15(17)8-12-3-4-13(9-15)19-12/h5-7,12-13,17H,2-4,8-9H2,1H3. The molecule has 3 nitrogen and oxygen atoms in total. The highest BCUT2D eigenvalue weighted by Gasteiger charge is 2.44. The quantitative estimate of drug-likeness (QED) is 0.914. The third kappa shape index (κ3) is 2.47. The zero-order valence-electron chi connectivity index (χ0n) is 11.1. The van der Waals surface area contributed by atoms with Gasteiger partial charge in [-0.2, -0.15) is 0 Å². The summed E-state index contributed by atoms with van der Waals surface area (Å²) < 4.78 is 24.8. The predicted molar refractivity (Wildman–Crippen MR) is 68.6 cm³/mol. The van der Waals surface area contributed by atoms with E-state index in [1.54, 1.807) is 6.07 Å². The van der Waals surface area contributed by atoms with E-state index in [1.165, 1.54) is 12.1 Å². The second-order valence-electron chi connectivity index (χ2n) is 5.51. The molecule has 0 amide bonds. The average molecular weight is 266 g/mol. The molecule has 19 heavy (non-hydrogen) atoms. The minimum Gasteiger partial charge on any atom is -0.494 e. The maximum Gasteiger partial charge on any atom is 0.127 e. The lowest BCUT2D eigenvalue weighted by Crippen LogP contribution is -2.38. The summed E-state index contributed by atoms with van der Waals surface area (Å²) in [4.78, 5) is 0. The summed E-state index contributed by atoms with van der Waals surface area (Å²) in [5.41, 5.74) is -0.381. The van der Waals surface area contributed by atoms with Gasteiger partial charge in [-0.3, -0.25) is 0 Å². The SMILES string of the molecule is CCOc1cc(F)cc(C2(O)CC3CCC(C2)O3)c1. The van der Waals surface area contributed by atoms with Gasteiger partial charge in [-0.05, 0) is 37.5 Å². The Morgan fingerprint density at radius 3 is 2.63 bits per heavy atom. The molecule has 2 bridgehead atoms. The van der Waals surface area contributed by atoms with Crippen LogP contribution in [-0.2, 0) is 10.3 Å². The predicted octanol–water partition coefficient (Wildman–Crippen LogP) is 2.75. The first-order valence-electron chi connectivity index (χ1n) is 6.91. The van der Waals surface area contributed by atoms with Gasteiger partial charge in [0.1, 0.15) is 11.6 Å². The van der Waals surface area contributed by atoms with Crippen molar-refractivity contribution in [1.29, 1.82) is 0 Å². The normalized spacial score (nSPS) is 33.4. The van der Waals surface area contributed by atoms with E-state index in [4.69, 9.17) is 9.47 Å². The van der Waals surface area contributed by atoms with Crippen LogP contribution < -0.4 is 4.74 Å². The Morgan fingerprint density at radius 2 is 2.00 bits per heavy atom. The van der Waals surface area contributed by atoms with Crippen molar-refractivity contribution in [3.8, 4) is 5.75 Å². The Hall–Kier alpha value is -1.13. The molecule has 2 aliphatic heterocycles. The minimum absolute atomic E-state index is 0.0996. The van der Waals surface area contributed by atoms with Gasteiger partial charge in [0.05, 0.1) is 24.4 Å². The van der Waals surface area contributed by atoms with Crippen LogP contribution in [0, 0.1) is 5.82 Å². The zero-order valence-corrected chi connectivity index (χ0v) is 11.1. The van der Waals surface area contributed by atoms with Crippen molar-refractivity contribution in [1.82, 2.24) is 0 Å². The second-order valence-corrected chi connectivity index (χ2v) is 5.51. The monoisotopic (exact) mass is 266 g/mol. The van der Waals surface area contributed by atoms with Crippen LogP contribution in [0.3, 0.4) is 0 Å². The number of hydrogen-bond acceptors (Lipinski definition) is 3. The van der Waals surface area contributed by atoms with Crippen molar-refractivity contribution in [3.63, 3.8) is 0 Å². The fourth-order valence-electron chi connectivity index (χ4n) is 3.23. The molecule has 2 unspecified atom stereocenters. The zero-order chi connectivity index (χ0) is 13.5. The summed E-state index contributed by atoms with van der Waals surface area (Å²) in [5, 5.41) is 10.8.